The third-order valence-corrected chi connectivity index (χ3v) is 6.28. The van der Waals surface area contributed by atoms with Gasteiger partial charge in [-0.15, -0.1) is 0 Å². The first-order chi connectivity index (χ1) is 14.1. The van der Waals surface area contributed by atoms with Gasteiger partial charge in [-0.25, -0.2) is 0 Å². The zero-order valence-corrected chi connectivity index (χ0v) is 18.6. The Hall–Kier alpha value is -1.98. The Labute approximate surface area is 179 Å². The van der Waals surface area contributed by atoms with E-state index in [0.29, 0.717) is 13.0 Å². The average Bonchev–Trinajstić information content (AvgIpc) is 2.82. The van der Waals surface area contributed by atoms with E-state index in [1.54, 1.807) is 11.9 Å². The van der Waals surface area contributed by atoms with Crippen molar-refractivity contribution >= 4 is 23.6 Å². The van der Waals surface area contributed by atoms with Gasteiger partial charge in [0, 0.05) is 18.4 Å². The molecule has 0 aromatic heterocycles. The van der Waals surface area contributed by atoms with Crippen LogP contribution in [0, 0.1) is 6.92 Å². The minimum absolute atomic E-state index is 0.0748. The van der Waals surface area contributed by atoms with Crippen molar-refractivity contribution in [2.75, 3.05) is 24.5 Å². The Kier molecular flexibility index (Phi) is 8.01. The second-order valence-electron chi connectivity index (χ2n) is 7.55. The van der Waals surface area contributed by atoms with Crippen molar-refractivity contribution in [3.8, 4) is 0 Å². The molecule has 1 N–H and O–H groups in total. The van der Waals surface area contributed by atoms with Gasteiger partial charge in [-0.3, -0.25) is 4.79 Å². The predicted octanol–water partition coefficient (Wildman–Crippen LogP) is 5.64. The van der Waals surface area contributed by atoms with Crippen LogP contribution < -0.4 is 9.62 Å². The molecule has 0 saturated heterocycles. The van der Waals surface area contributed by atoms with Crippen molar-refractivity contribution in [3.05, 3.63) is 59.2 Å². The highest BCUT2D eigenvalue weighted by atomic mass is 32.2. The molecule has 0 radical (unpaired) electrons. The fraction of sp³-hybridized carbons (Fsp3) is 0.458. The van der Waals surface area contributed by atoms with Crippen LogP contribution in [0.25, 0.3) is 0 Å². The maximum Gasteiger partial charge on any atom is 0.305 e. The fourth-order valence-electron chi connectivity index (χ4n) is 3.79. The molecule has 2 aromatic carbocycles. The summed E-state index contributed by atoms with van der Waals surface area (Å²) in [5.74, 6) is -0.0748. The molecule has 0 fully saturated rings. The quantitative estimate of drug-likeness (QED) is 0.328. The van der Waals surface area contributed by atoms with Crippen molar-refractivity contribution in [2.45, 2.75) is 56.9 Å². The van der Waals surface area contributed by atoms with Crippen LogP contribution >= 0.6 is 11.9 Å². The van der Waals surface area contributed by atoms with Gasteiger partial charge in [0.05, 0.1) is 18.3 Å². The summed E-state index contributed by atoms with van der Waals surface area (Å²) in [5, 5.41) is 3.80. The summed E-state index contributed by atoms with van der Waals surface area (Å²) >= 11 is 1.80. The molecule has 156 valence electrons. The zero-order valence-electron chi connectivity index (χ0n) is 17.7. The number of hydrogen-bond acceptors (Lipinski definition) is 5. The number of aryl methyl sites for hydroxylation is 1. The van der Waals surface area contributed by atoms with Crippen molar-refractivity contribution in [3.63, 3.8) is 0 Å². The molecule has 1 heterocycles. The van der Waals surface area contributed by atoms with Crippen LogP contribution in [-0.4, -0.2) is 26.2 Å². The van der Waals surface area contributed by atoms with E-state index in [4.69, 9.17) is 4.74 Å². The second kappa shape index (κ2) is 10.7. The lowest BCUT2D eigenvalue weighted by atomic mass is 9.96. The lowest BCUT2D eigenvalue weighted by Gasteiger charge is -2.22. The standard InChI is InChI=1S/C24H32N2O2S/c1-4-28-23(27)13-7-5-6-10-16-25-24-19-11-8-9-12-21(19)26(3)29-22-17-18(2)14-15-20(22)24/h8-9,11-12,14-15,17,24-25H,4-7,10,13,16H2,1-3H3. The molecule has 5 heteroatoms. The Morgan fingerprint density at radius 3 is 2.72 bits per heavy atom. The van der Waals surface area contributed by atoms with E-state index in [1.165, 1.54) is 27.3 Å². The van der Waals surface area contributed by atoms with Crippen molar-refractivity contribution in [1.82, 2.24) is 5.32 Å². The number of rotatable bonds is 9. The molecule has 0 spiro atoms. The maximum absolute atomic E-state index is 11.4. The van der Waals surface area contributed by atoms with Crippen LogP contribution in [0.1, 0.15) is 61.8 Å². The Balaban J connectivity index is 1.61. The minimum atomic E-state index is -0.0748. The number of ether oxygens (including phenoxy) is 1. The van der Waals surface area contributed by atoms with E-state index in [1.807, 2.05) is 6.92 Å². The molecular formula is C24H32N2O2S. The maximum atomic E-state index is 11.4. The molecule has 1 atom stereocenters. The number of anilines is 1. The predicted molar refractivity (Wildman–Crippen MR) is 121 cm³/mol. The third-order valence-electron chi connectivity index (χ3n) is 5.26. The number of benzene rings is 2. The molecule has 2 aromatic rings. The highest BCUT2D eigenvalue weighted by Gasteiger charge is 2.26. The number of hydrogen-bond donors (Lipinski definition) is 1. The van der Waals surface area contributed by atoms with Crippen LogP contribution in [0.5, 0.6) is 0 Å². The SMILES string of the molecule is CCOC(=O)CCCCCCNC1c2ccc(C)cc2SN(C)c2ccccc21. The number of carbonyl (C=O) groups is 1. The first kappa shape index (κ1) is 21.7. The van der Waals surface area contributed by atoms with E-state index in [9.17, 15) is 4.79 Å². The van der Waals surface area contributed by atoms with E-state index in [2.05, 4.69) is 66.1 Å². The second-order valence-corrected chi connectivity index (χ2v) is 8.72. The van der Waals surface area contributed by atoms with Crippen molar-refractivity contribution < 1.29 is 9.53 Å². The summed E-state index contributed by atoms with van der Waals surface area (Å²) in [4.78, 5) is 12.7. The number of fused-ring (bicyclic) bond motifs is 2. The minimum Gasteiger partial charge on any atom is -0.466 e. The lowest BCUT2D eigenvalue weighted by molar-refractivity contribution is -0.143. The van der Waals surface area contributed by atoms with E-state index in [0.717, 1.165) is 32.2 Å². The summed E-state index contributed by atoms with van der Waals surface area (Å²) < 4.78 is 7.26. The summed E-state index contributed by atoms with van der Waals surface area (Å²) in [6, 6.07) is 15.6. The molecule has 1 unspecified atom stereocenters. The molecule has 1 aliphatic heterocycles. The lowest BCUT2D eigenvalue weighted by Crippen LogP contribution is -2.24. The Morgan fingerprint density at radius 1 is 1.10 bits per heavy atom. The number of unbranched alkanes of at least 4 members (excludes halogenated alkanes) is 3. The molecule has 0 aliphatic carbocycles. The molecule has 0 bridgehead atoms. The van der Waals surface area contributed by atoms with Gasteiger partial charge < -0.3 is 14.4 Å². The number of carbonyl (C=O) groups excluding carboxylic acids is 1. The highest BCUT2D eigenvalue weighted by Crippen LogP contribution is 2.43. The Morgan fingerprint density at radius 2 is 1.90 bits per heavy atom. The van der Waals surface area contributed by atoms with Crippen LogP contribution in [-0.2, 0) is 9.53 Å². The first-order valence-corrected chi connectivity index (χ1v) is 11.4. The van der Waals surface area contributed by atoms with Gasteiger partial charge in [0.15, 0.2) is 0 Å². The van der Waals surface area contributed by atoms with E-state index in [-0.39, 0.29) is 12.0 Å². The molecule has 0 amide bonds. The molecule has 1 aliphatic rings. The largest absolute Gasteiger partial charge is 0.466 e. The van der Waals surface area contributed by atoms with Gasteiger partial charge >= 0.3 is 5.97 Å². The van der Waals surface area contributed by atoms with Crippen LogP contribution in [0.2, 0.25) is 0 Å². The topological polar surface area (TPSA) is 41.6 Å². The molecular weight excluding hydrogens is 380 g/mol. The molecule has 29 heavy (non-hydrogen) atoms. The highest BCUT2D eigenvalue weighted by molar-refractivity contribution is 8.00. The number of nitrogens with one attached hydrogen (secondary N) is 1. The van der Waals surface area contributed by atoms with Crippen molar-refractivity contribution in [1.29, 1.82) is 0 Å². The number of esters is 1. The van der Waals surface area contributed by atoms with Gasteiger partial charge in [-0.05, 0) is 74.0 Å². The van der Waals surface area contributed by atoms with Gasteiger partial charge in [0.1, 0.15) is 0 Å². The first-order valence-electron chi connectivity index (χ1n) is 10.6. The van der Waals surface area contributed by atoms with Gasteiger partial charge in [-0.1, -0.05) is 43.2 Å². The van der Waals surface area contributed by atoms with Crippen LogP contribution in [0.15, 0.2) is 47.4 Å². The summed E-state index contributed by atoms with van der Waals surface area (Å²) in [6.45, 7) is 5.43. The normalized spacial score (nSPS) is 15.4. The van der Waals surface area contributed by atoms with Gasteiger partial charge in [0.2, 0.25) is 0 Å². The zero-order chi connectivity index (χ0) is 20.6. The summed E-state index contributed by atoms with van der Waals surface area (Å²) in [6.07, 6.45) is 4.74. The average molecular weight is 413 g/mol. The molecule has 0 saturated carbocycles. The van der Waals surface area contributed by atoms with Crippen molar-refractivity contribution in [2.24, 2.45) is 0 Å². The summed E-state index contributed by atoms with van der Waals surface area (Å²) in [5.41, 5.74) is 5.22. The monoisotopic (exact) mass is 412 g/mol. The van der Waals surface area contributed by atoms with Crippen LogP contribution in [0.4, 0.5) is 5.69 Å². The van der Waals surface area contributed by atoms with Gasteiger partial charge in [-0.2, -0.15) is 0 Å². The Bertz CT molecular complexity index is 824. The smallest absolute Gasteiger partial charge is 0.305 e. The number of nitrogens with zero attached hydrogens (tertiary/aromatic N) is 1. The van der Waals surface area contributed by atoms with E-state index >= 15 is 0 Å². The summed E-state index contributed by atoms with van der Waals surface area (Å²) in [7, 11) is 2.14. The molecule has 4 nitrogen and oxygen atoms in total. The van der Waals surface area contributed by atoms with E-state index < -0.39 is 0 Å². The molecule has 3 rings (SSSR count). The fourth-order valence-corrected chi connectivity index (χ4v) is 4.88. The van der Waals surface area contributed by atoms with Crippen LogP contribution in [0.3, 0.4) is 0 Å². The third kappa shape index (κ3) is 5.77. The van der Waals surface area contributed by atoms with Gasteiger partial charge in [0.25, 0.3) is 0 Å². The number of para-hydroxylation sites is 1.